The van der Waals surface area contributed by atoms with Gasteiger partial charge in [0.1, 0.15) is 0 Å². The number of esters is 1. The van der Waals surface area contributed by atoms with E-state index < -0.39 is 0 Å². The van der Waals surface area contributed by atoms with Crippen LogP contribution in [0.15, 0.2) is 54.1 Å². The van der Waals surface area contributed by atoms with Crippen LogP contribution in [0.2, 0.25) is 0 Å². The number of hydrogen-bond donors (Lipinski definition) is 0. The molecule has 0 radical (unpaired) electrons. The molecule has 0 amide bonds. The van der Waals surface area contributed by atoms with E-state index in [9.17, 15) is 4.79 Å². The Bertz CT molecular complexity index is 1060. The zero-order valence-electron chi connectivity index (χ0n) is 21.9. The average molecular weight is 484 g/mol. The molecule has 1 saturated carbocycles. The molecule has 0 spiro atoms. The Labute approximate surface area is 217 Å². The molecule has 0 N–H and O–H groups in total. The molecule has 2 aromatic rings. The molecule has 3 nitrogen and oxygen atoms in total. The van der Waals surface area contributed by atoms with Crippen molar-refractivity contribution in [3.63, 3.8) is 0 Å². The van der Waals surface area contributed by atoms with Gasteiger partial charge in [0.2, 0.25) is 0 Å². The van der Waals surface area contributed by atoms with E-state index in [0.29, 0.717) is 0 Å². The largest absolute Gasteiger partial charge is 0.469 e. The smallest absolute Gasteiger partial charge is 0.311 e. The first-order valence-corrected chi connectivity index (χ1v) is 14.1. The average Bonchev–Trinajstić information content (AvgIpc) is 3.10. The fourth-order valence-electron chi connectivity index (χ4n) is 6.72. The third kappa shape index (κ3) is 5.37. The second-order valence-corrected chi connectivity index (χ2v) is 11.0. The lowest BCUT2D eigenvalue weighted by atomic mass is 9.71. The summed E-state index contributed by atoms with van der Waals surface area (Å²) >= 11 is 0. The van der Waals surface area contributed by atoms with Crippen molar-refractivity contribution in [3.05, 3.63) is 76.4 Å². The number of likely N-dealkylation sites (tertiary alicyclic amines) is 1. The molecule has 2 fully saturated rings. The Hall–Kier alpha value is -2.65. The molecule has 3 heteroatoms. The molecule has 0 unspecified atom stereocenters. The number of hydrogen-bond acceptors (Lipinski definition) is 3. The van der Waals surface area contributed by atoms with Gasteiger partial charge in [0.25, 0.3) is 0 Å². The summed E-state index contributed by atoms with van der Waals surface area (Å²) in [6, 6.07) is 17.7. The van der Waals surface area contributed by atoms with Gasteiger partial charge in [-0.05, 0) is 72.9 Å². The van der Waals surface area contributed by atoms with Crippen LogP contribution in [0.3, 0.4) is 0 Å². The van der Waals surface area contributed by atoms with Gasteiger partial charge in [-0.15, -0.1) is 0 Å². The molecular weight excluding hydrogens is 442 g/mol. The van der Waals surface area contributed by atoms with Crippen LogP contribution < -0.4 is 0 Å². The summed E-state index contributed by atoms with van der Waals surface area (Å²) in [5.41, 5.74) is 8.27. The minimum Gasteiger partial charge on any atom is -0.469 e. The van der Waals surface area contributed by atoms with Crippen LogP contribution in [0.25, 0.3) is 17.7 Å². The number of methoxy groups -OCH3 is 1. The van der Waals surface area contributed by atoms with E-state index in [1.165, 1.54) is 66.5 Å². The van der Waals surface area contributed by atoms with Crippen molar-refractivity contribution in [2.75, 3.05) is 26.7 Å². The molecule has 0 bridgehead atoms. The maximum Gasteiger partial charge on any atom is 0.311 e. The summed E-state index contributed by atoms with van der Waals surface area (Å²) in [6.07, 6.45) is 17.0. The fourth-order valence-corrected chi connectivity index (χ4v) is 6.72. The zero-order chi connectivity index (χ0) is 24.8. The number of ether oxygens (including phenoxy) is 1. The van der Waals surface area contributed by atoms with E-state index in [0.717, 1.165) is 51.6 Å². The van der Waals surface area contributed by atoms with Crippen molar-refractivity contribution in [2.45, 2.75) is 70.6 Å². The van der Waals surface area contributed by atoms with Crippen LogP contribution in [-0.2, 0) is 9.53 Å². The standard InChI is InChI=1S/C33H41NO2/c1-36-32(35)33(20-8-2-9-21-33)22-10-3-11-23-34-24-18-28(19-25-34)31-29-14-6-4-12-26(29)16-17-27-13-5-7-15-30(27)31/h4-7,12-17H,2-3,8-11,18-25H2,1H3. The molecule has 3 aliphatic rings. The number of benzene rings is 2. The van der Waals surface area contributed by atoms with Gasteiger partial charge >= 0.3 is 5.97 Å². The van der Waals surface area contributed by atoms with Gasteiger partial charge in [-0.25, -0.2) is 0 Å². The van der Waals surface area contributed by atoms with Gasteiger partial charge in [-0.3, -0.25) is 4.79 Å². The highest BCUT2D eigenvalue weighted by atomic mass is 16.5. The van der Waals surface area contributed by atoms with Gasteiger partial charge in [0, 0.05) is 13.1 Å². The number of piperidine rings is 1. The van der Waals surface area contributed by atoms with Gasteiger partial charge in [-0.1, -0.05) is 98.4 Å². The highest BCUT2D eigenvalue weighted by Crippen LogP contribution is 2.42. The quantitative estimate of drug-likeness (QED) is 0.254. The fraction of sp³-hybridized carbons (Fsp3) is 0.485. The summed E-state index contributed by atoms with van der Waals surface area (Å²) in [6.45, 7) is 3.45. The molecule has 190 valence electrons. The van der Waals surface area contributed by atoms with Crippen LogP contribution >= 0.6 is 0 Å². The van der Waals surface area contributed by atoms with Crippen molar-refractivity contribution in [3.8, 4) is 0 Å². The number of carbonyl (C=O) groups is 1. The normalized spacial score (nSPS) is 19.4. The van der Waals surface area contributed by atoms with Crippen molar-refractivity contribution >= 4 is 23.7 Å². The van der Waals surface area contributed by atoms with E-state index in [4.69, 9.17) is 4.74 Å². The van der Waals surface area contributed by atoms with Gasteiger partial charge in [-0.2, -0.15) is 0 Å². The monoisotopic (exact) mass is 483 g/mol. The lowest BCUT2D eigenvalue weighted by Crippen LogP contribution is -2.34. The third-order valence-electron chi connectivity index (χ3n) is 8.77. The van der Waals surface area contributed by atoms with Crippen molar-refractivity contribution < 1.29 is 9.53 Å². The maximum absolute atomic E-state index is 12.5. The van der Waals surface area contributed by atoms with Crippen LogP contribution in [0.1, 0.15) is 92.9 Å². The second-order valence-electron chi connectivity index (χ2n) is 11.0. The Balaban J connectivity index is 1.18. The van der Waals surface area contributed by atoms with E-state index in [1.54, 1.807) is 12.7 Å². The molecule has 1 aliphatic heterocycles. The van der Waals surface area contributed by atoms with E-state index >= 15 is 0 Å². The van der Waals surface area contributed by atoms with Crippen molar-refractivity contribution in [1.82, 2.24) is 4.90 Å². The molecule has 0 aromatic heterocycles. The molecule has 2 aromatic carbocycles. The molecule has 0 atom stereocenters. The second kappa shape index (κ2) is 11.6. The molecular formula is C33H41NO2. The van der Waals surface area contributed by atoms with Gasteiger partial charge < -0.3 is 9.64 Å². The van der Waals surface area contributed by atoms with Crippen molar-refractivity contribution in [1.29, 1.82) is 0 Å². The Kier molecular flexibility index (Phi) is 8.06. The van der Waals surface area contributed by atoms with E-state index in [-0.39, 0.29) is 11.4 Å². The summed E-state index contributed by atoms with van der Waals surface area (Å²) in [7, 11) is 1.56. The molecule has 5 rings (SSSR count). The van der Waals surface area contributed by atoms with Gasteiger partial charge in [0.15, 0.2) is 0 Å². The lowest BCUT2D eigenvalue weighted by molar-refractivity contribution is -0.155. The molecule has 2 aliphatic carbocycles. The Morgan fingerprint density at radius 3 is 2.06 bits per heavy atom. The minimum absolute atomic E-state index is 0.0376. The van der Waals surface area contributed by atoms with Gasteiger partial charge in [0.05, 0.1) is 12.5 Å². The van der Waals surface area contributed by atoms with Crippen LogP contribution in [0.4, 0.5) is 0 Å². The highest BCUT2D eigenvalue weighted by Gasteiger charge is 2.39. The first-order chi connectivity index (χ1) is 17.7. The van der Waals surface area contributed by atoms with Crippen LogP contribution in [0.5, 0.6) is 0 Å². The predicted molar refractivity (Wildman–Crippen MR) is 150 cm³/mol. The minimum atomic E-state index is -0.195. The predicted octanol–water partition coefficient (Wildman–Crippen LogP) is 7.75. The SMILES string of the molecule is COC(=O)C1(CCCCCN2CCC(=C3c4ccccc4C=Cc4ccccc43)CC2)CCCCC1. The van der Waals surface area contributed by atoms with Crippen LogP contribution in [0, 0.1) is 5.41 Å². The number of fused-ring (bicyclic) bond motifs is 2. The van der Waals surface area contributed by atoms with E-state index in [2.05, 4.69) is 65.6 Å². The molecule has 36 heavy (non-hydrogen) atoms. The Morgan fingerprint density at radius 2 is 1.44 bits per heavy atom. The Morgan fingerprint density at radius 1 is 0.833 bits per heavy atom. The maximum atomic E-state index is 12.5. The molecule has 1 heterocycles. The van der Waals surface area contributed by atoms with E-state index in [1.807, 2.05) is 0 Å². The highest BCUT2D eigenvalue weighted by molar-refractivity contribution is 5.94. The molecule has 1 saturated heterocycles. The number of nitrogens with zero attached hydrogens (tertiary/aromatic N) is 1. The summed E-state index contributed by atoms with van der Waals surface area (Å²) in [4.78, 5) is 15.1. The first kappa shape index (κ1) is 25.0. The first-order valence-electron chi connectivity index (χ1n) is 14.1. The lowest BCUT2D eigenvalue weighted by Gasteiger charge is -2.34. The topological polar surface area (TPSA) is 29.5 Å². The number of unbranched alkanes of at least 4 members (excludes halogenated alkanes) is 2. The third-order valence-corrected chi connectivity index (χ3v) is 8.77. The number of carbonyl (C=O) groups excluding carboxylic acids is 1. The summed E-state index contributed by atoms with van der Waals surface area (Å²) in [5, 5.41) is 0. The zero-order valence-corrected chi connectivity index (χ0v) is 21.9. The van der Waals surface area contributed by atoms with Crippen LogP contribution in [-0.4, -0.2) is 37.6 Å². The summed E-state index contributed by atoms with van der Waals surface area (Å²) in [5.74, 6) is 0.0376. The van der Waals surface area contributed by atoms with Crippen molar-refractivity contribution in [2.24, 2.45) is 5.41 Å². The number of rotatable bonds is 7. The summed E-state index contributed by atoms with van der Waals surface area (Å²) < 4.78 is 5.20.